The Morgan fingerprint density at radius 3 is 2.59 bits per heavy atom. The molecule has 156 valence electrons. The van der Waals surface area contributed by atoms with E-state index in [9.17, 15) is 14.4 Å². The highest BCUT2D eigenvalue weighted by Crippen LogP contribution is 2.30. The van der Waals surface area contributed by atoms with E-state index in [0.29, 0.717) is 28.6 Å². The van der Waals surface area contributed by atoms with Gasteiger partial charge in [0.2, 0.25) is 0 Å². The van der Waals surface area contributed by atoms with Gasteiger partial charge in [0.1, 0.15) is 5.00 Å². The molecule has 0 unspecified atom stereocenters. The Morgan fingerprint density at radius 2 is 1.97 bits per heavy atom. The summed E-state index contributed by atoms with van der Waals surface area (Å²) < 4.78 is 10.1. The highest BCUT2D eigenvalue weighted by atomic mass is 32.1. The highest BCUT2D eigenvalue weighted by Gasteiger charge is 2.22. The van der Waals surface area contributed by atoms with Crippen LogP contribution in [0.4, 0.5) is 5.00 Å². The maximum atomic E-state index is 12.3. The minimum atomic E-state index is -0.650. The largest absolute Gasteiger partial charge is 0.462 e. The molecule has 0 atom stereocenters. The fraction of sp³-hybridized carbons (Fsp3) is 0.400. The second-order valence-corrected chi connectivity index (χ2v) is 8.51. The van der Waals surface area contributed by atoms with Gasteiger partial charge in [-0.25, -0.2) is 14.6 Å². The molecule has 0 aliphatic carbocycles. The number of ether oxygens (including phenoxy) is 2. The summed E-state index contributed by atoms with van der Waals surface area (Å²) in [4.78, 5) is 40.5. The van der Waals surface area contributed by atoms with Crippen LogP contribution in [0.5, 0.6) is 0 Å². The lowest BCUT2D eigenvalue weighted by Gasteiger charge is -2.09. The van der Waals surface area contributed by atoms with E-state index in [-0.39, 0.29) is 6.61 Å². The van der Waals surface area contributed by atoms with Crippen molar-refractivity contribution in [1.82, 2.24) is 4.98 Å². The average molecular weight is 437 g/mol. The third kappa shape index (κ3) is 7.10. The van der Waals surface area contributed by atoms with Crippen LogP contribution in [0.3, 0.4) is 0 Å². The second kappa shape index (κ2) is 10.9. The highest BCUT2D eigenvalue weighted by molar-refractivity contribution is 7.15. The Kier molecular flexibility index (Phi) is 8.53. The molecular formula is C20H24N2O5S2. The predicted octanol–water partition coefficient (Wildman–Crippen LogP) is 4.08. The standard InChI is InChI=1S/C20H24N2O5S2/c1-5-26-20(25)18-14(8-12(2)3)10-29-19(18)22-16(23)9-27-17(24)7-6-15-11-28-13(4)21-15/h6-7,10-12H,5,8-9H2,1-4H3,(H,22,23). The van der Waals surface area contributed by atoms with Gasteiger partial charge >= 0.3 is 11.9 Å². The Hall–Kier alpha value is -2.52. The van der Waals surface area contributed by atoms with Crippen LogP contribution in [0, 0.1) is 12.8 Å². The molecule has 0 aliphatic rings. The Labute approximate surface area is 177 Å². The van der Waals surface area contributed by atoms with Gasteiger partial charge in [0.05, 0.1) is 22.9 Å². The van der Waals surface area contributed by atoms with Crippen LogP contribution < -0.4 is 5.32 Å². The van der Waals surface area contributed by atoms with E-state index in [0.717, 1.165) is 10.6 Å². The van der Waals surface area contributed by atoms with Crippen molar-refractivity contribution < 1.29 is 23.9 Å². The van der Waals surface area contributed by atoms with Gasteiger partial charge in [0.25, 0.3) is 5.91 Å². The van der Waals surface area contributed by atoms with Crippen molar-refractivity contribution in [2.45, 2.75) is 34.1 Å². The van der Waals surface area contributed by atoms with Crippen molar-refractivity contribution in [3.8, 4) is 0 Å². The van der Waals surface area contributed by atoms with E-state index in [1.165, 1.54) is 34.8 Å². The van der Waals surface area contributed by atoms with E-state index in [2.05, 4.69) is 10.3 Å². The summed E-state index contributed by atoms with van der Waals surface area (Å²) in [7, 11) is 0. The second-order valence-electron chi connectivity index (χ2n) is 6.56. The fourth-order valence-electron chi connectivity index (χ4n) is 2.46. The molecule has 0 aliphatic heterocycles. The van der Waals surface area contributed by atoms with Crippen LogP contribution in [0.25, 0.3) is 6.08 Å². The van der Waals surface area contributed by atoms with Crippen molar-refractivity contribution in [1.29, 1.82) is 0 Å². The van der Waals surface area contributed by atoms with Crippen LogP contribution >= 0.6 is 22.7 Å². The van der Waals surface area contributed by atoms with Gasteiger partial charge in [-0.1, -0.05) is 13.8 Å². The molecule has 0 saturated carbocycles. The van der Waals surface area contributed by atoms with Crippen LogP contribution in [-0.2, 0) is 25.5 Å². The third-order valence-electron chi connectivity index (χ3n) is 3.60. The minimum Gasteiger partial charge on any atom is -0.462 e. The molecular weight excluding hydrogens is 412 g/mol. The number of rotatable bonds is 9. The van der Waals surface area contributed by atoms with Gasteiger partial charge in [-0.05, 0) is 43.2 Å². The molecule has 0 bridgehead atoms. The van der Waals surface area contributed by atoms with Gasteiger partial charge < -0.3 is 14.8 Å². The maximum absolute atomic E-state index is 12.3. The van der Waals surface area contributed by atoms with E-state index in [4.69, 9.17) is 9.47 Å². The topological polar surface area (TPSA) is 94.6 Å². The summed E-state index contributed by atoms with van der Waals surface area (Å²) in [5.74, 6) is -1.31. The van der Waals surface area contributed by atoms with Crippen molar-refractivity contribution in [2.75, 3.05) is 18.5 Å². The first-order valence-corrected chi connectivity index (χ1v) is 10.9. The first-order valence-electron chi connectivity index (χ1n) is 9.14. The number of nitrogens with one attached hydrogen (secondary N) is 1. The Balaban J connectivity index is 1.97. The first-order chi connectivity index (χ1) is 13.8. The normalized spacial score (nSPS) is 11.1. The molecule has 2 heterocycles. The lowest BCUT2D eigenvalue weighted by Crippen LogP contribution is -2.21. The van der Waals surface area contributed by atoms with Crippen molar-refractivity contribution >= 4 is 51.6 Å². The number of thiophene rings is 1. The summed E-state index contributed by atoms with van der Waals surface area (Å²) in [6.45, 7) is 7.47. The van der Waals surface area contributed by atoms with Gasteiger partial charge in [-0.2, -0.15) is 0 Å². The smallest absolute Gasteiger partial charge is 0.341 e. The molecule has 0 fully saturated rings. The number of aryl methyl sites for hydroxylation is 1. The number of carbonyl (C=O) groups excluding carboxylic acids is 3. The SMILES string of the molecule is CCOC(=O)c1c(CC(C)C)csc1NC(=O)COC(=O)C=Cc1csc(C)n1. The molecule has 2 aromatic heterocycles. The van der Waals surface area contributed by atoms with Crippen LogP contribution in [0.1, 0.15) is 47.4 Å². The number of aromatic nitrogens is 1. The molecule has 1 amide bonds. The summed E-state index contributed by atoms with van der Waals surface area (Å²) in [6, 6.07) is 0. The molecule has 0 aromatic carbocycles. The Morgan fingerprint density at radius 1 is 1.21 bits per heavy atom. The number of esters is 2. The predicted molar refractivity (Wildman–Crippen MR) is 114 cm³/mol. The fourth-order valence-corrected chi connectivity index (χ4v) is 4.02. The van der Waals surface area contributed by atoms with Crippen LogP contribution in [0.15, 0.2) is 16.8 Å². The summed E-state index contributed by atoms with van der Waals surface area (Å²) in [5, 5.41) is 7.58. The molecule has 0 spiro atoms. The van der Waals surface area contributed by atoms with Crippen LogP contribution in [0.2, 0.25) is 0 Å². The number of hydrogen-bond acceptors (Lipinski definition) is 8. The zero-order valence-electron chi connectivity index (χ0n) is 16.8. The maximum Gasteiger partial charge on any atom is 0.341 e. The molecule has 1 N–H and O–H groups in total. The summed E-state index contributed by atoms with van der Waals surface area (Å²) in [6.07, 6.45) is 3.44. The first kappa shape index (κ1) is 22.8. The zero-order valence-corrected chi connectivity index (χ0v) is 18.4. The zero-order chi connectivity index (χ0) is 21.4. The minimum absolute atomic E-state index is 0.242. The molecule has 2 aromatic rings. The van der Waals surface area contributed by atoms with E-state index in [1.807, 2.05) is 31.5 Å². The van der Waals surface area contributed by atoms with Gasteiger partial charge in [-0.3, -0.25) is 4.79 Å². The van der Waals surface area contributed by atoms with Crippen molar-refractivity contribution in [3.63, 3.8) is 0 Å². The third-order valence-corrected chi connectivity index (χ3v) is 5.34. The molecule has 9 heteroatoms. The number of anilines is 1. The quantitative estimate of drug-likeness (QED) is 0.470. The van der Waals surface area contributed by atoms with Gasteiger partial charge in [0, 0.05) is 11.5 Å². The monoisotopic (exact) mass is 436 g/mol. The summed E-state index contributed by atoms with van der Waals surface area (Å²) >= 11 is 2.72. The van der Waals surface area contributed by atoms with E-state index >= 15 is 0 Å². The van der Waals surface area contributed by atoms with E-state index < -0.39 is 24.5 Å². The lowest BCUT2D eigenvalue weighted by atomic mass is 10.0. The number of carbonyl (C=O) groups is 3. The average Bonchev–Trinajstić information content (AvgIpc) is 3.24. The van der Waals surface area contributed by atoms with Gasteiger partial charge in [-0.15, -0.1) is 22.7 Å². The molecule has 0 radical (unpaired) electrons. The molecule has 7 nitrogen and oxygen atoms in total. The van der Waals surface area contributed by atoms with Crippen molar-refractivity contribution in [2.24, 2.45) is 5.92 Å². The lowest BCUT2D eigenvalue weighted by molar-refractivity contribution is -0.142. The number of thiazole rings is 1. The van der Waals surface area contributed by atoms with Crippen molar-refractivity contribution in [3.05, 3.63) is 38.7 Å². The summed E-state index contributed by atoms with van der Waals surface area (Å²) in [5.41, 5.74) is 1.85. The number of amides is 1. The number of nitrogens with zero attached hydrogens (tertiary/aromatic N) is 1. The molecule has 2 rings (SSSR count). The van der Waals surface area contributed by atoms with Crippen LogP contribution in [-0.4, -0.2) is 36.0 Å². The van der Waals surface area contributed by atoms with Gasteiger partial charge in [0.15, 0.2) is 6.61 Å². The van der Waals surface area contributed by atoms with E-state index in [1.54, 1.807) is 6.92 Å². The number of hydrogen-bond donors (Lipinski definition) is 1. The molecule has 29 heavy (non-hydrogen) atoms. The molecule has 0 saturated heterocycles. The Bertz CT molecular complexity index is 899.